The number of carbonyl (C=O) groups is 1. The number of amides is 1. The van der Waals surface area contributed by atoms with Crippen LogP contribution in [0.3, 0.4) is 0 Å². The summed E-state index contributed by atoms with van der Waals surface area (Å²) in [6.45, 7) is 1.02. The zero-order valence-corrected chi connectivity index (χ0v) is 21.5. The molecule has 198 valence electrons. The quantitative estimate of drug-likeness (QED) is 0.354. The molecule has 1 fully saturated rings. The van der Waals surface area contributed by atoms with Gasteiger partial charge in [-0.15, -0.1) is 0 Å². The summed E-state index contributed by atoms with van der Waals surface area (Å²) in [5, 5.41) is 10.2. The second-order valence-electron chi connectivity index (χ2n) is 8.75. The number of ether oxygens (including phenoxy) is 2. The van der Waals surface area contributed by atoms with Crippen molar-refractivity contribution in [2.24, 2.45) is 5.92 Å². The summed E-state index contributed by atoms with van der Waals surface area (Å²) in [4.78, 5) is 22.7. The molecule has 0 spiro atoms. The van der Waals surface area contributed by atoms with E-state index in [1.54, 1.807) is 23.1 Å². The van der Waals surface area contributed by atoms with Gasteiger partial charge in [0.25, 0.3) is 5.91 Å². The first-order chi connectivity index (χ1) is 18.1. The largest absolute Gasteiger partial charge is 0.489 e. The van der Waals surface area contributed by atoms with Gasteiger partial charge in [-0.1, -0.05) is 29.3 Å². The second kappa shape index (κ2) is 11.5. The summed E-state index contributed by atoms with van der Waals surface area (Å²) < 4.78 is 48.0. The minimum Gasteiger partial charge on any atom is -0.489 e. The molecule has 0 bridgehead atoms. The molecule has 3 unspecified atom stereocenters. The number of aromatic nitrogens is 2. The van der Waals surface area contributed by atoms with Crippen molar-refractivity contribution in [3.63, 3.8) is 0 Å². The van der Waals surface area contributed by atoms with Gasteiger partial charge in [0.05, 0.1) is 15.6 Å². The Kier molecular flexibility index (Phi) is 8.29. The van der Waals surface area contributed by atoms with Gasteiger partial charge in [0, 0.05) is 49.6 Å². The highest BCUT2D eigenvalue weighted by Crippen LogP contribution is 2.39. The fourth-order valence-electron chi connectivity index (χ4n) is 4.35. The zero-order valence-electron chi connectivity index (χ0n) is 20.0. The van der Waals surface area contributed by atoms with E-state index < -0.39 is 18.9 Å². The van der Waals surface area contributed by atoms with Crippen LogP contribution in [-0.4, -0.2) is 52.8 Å². The van der Waals surface area contributed by atoms with Crippen molar-refractivity contribution in [2.45, 2.75) is 25.1 Å². The average molecular weight is 565 g/mol. The lowest BCUT2D eigenvalue weighted by molar-refractivity contribution is -0.154. The number of carbonyl (C=O) groups excluding carboxylic acids is 1. The third kappa shape index (κ3) is 6.47. The fraction of sp³-hybridized carbons (Fsp3) is 0.308. The highest BCUT2D eigenvalue weighted by atomic mass is 35.5. The molecule has 0 radical (unpaired) electrons. The number of pyridine rings is 2. The minimum absolute atomic E-state index is 0.182. The number of hydrogen-bond donors (Lipinski definition) is 0. The van der Waals surface area contributed by atoms with Crippen LogP contribution >= 0.6 is 23.2 Å². The number of halogens is 5. The van der Waals surface area contributed by atoms with Gasteiger partial charge in [-0.05, 0) is 36.8 Å². The molecular weight excluding hydrogens is 544 g/mol. The van der Waals surface area contributed by atoms with Gasteiger partial charge in [-0.25, -0.2) is 4.98 Å². The normalized spacial score (nSPS) is 18.1. The van der Waals surface area contributed by atoms with Crippen LogP contribution in [-0.2, 0) is 0 Å². The molecule has 2 aromatic heterocycles. The monoisotopic (exact) mass is 564 g/mol. The molecule has 0 aliphatic carbocycles. The van der Waals surface area contributed by atoms with Crippen molar-refractivity contribution in [3.8, 4) is 17.7 Å². The zero-order chi connectivity index (χ0) is 27.4. The van der Waals surface area contributed by atoms with Gasteiger partial charge >= 0.3 is 6.18 Å². The summed E-state index contributed by atoms with van der Waals surface area (Å²) in [7, 11) is 0. The Labute approximate surface area is 226 Å². The molecule has 1 aromatic carbocycles. The number of alkyl halides is 3. The topological polar surface area (TPSA) is 88.3 Å². The first-order valence-electron chi connectivity index (χ1n) is 11.5. The summed E-state index contributed by atoms with van der Waals surface area (Å²) in [5.74, 6) is -0.580. The van der Waals surface area contributed by atoms with E-state index >= 15 is 0 Å². The molecule has 1 aliphatic rings. The van der Waals surface area contributed by atoms with Gasteiger partial charge in [0.1, 0.15) is 23.5 Å². The van der Waals surface area contributed by atoms with E-state index in [0.29, 0.717) is 28.9 Å². The Balaban J connectivity index is 1.56. The number of likely N-dealkylation sites (tertiary alicyclic amines) is 1. The Hall–Kier alpha value is -3.55. The fourth-order valence-corrected chi connectivity index (χ4v) is 4.66. The van der Waals surface area contributed by atoms with E-state index in [0.717, 1.165) is 5.56 Å². The van der Waals surface area contributed by atoms with Crippen LogP contribution in [0.4, 0.5) is 13.2 Å². The lowest BCUT2D eigenvalue weighted by Gasteiger charge is -2.26. The van der Waals surface area contributed by atoms with E-state index in [2.05, 4.69) is 20.8 Å². The van der Waals surface area contributed by atoms with E-state index in [-0.39, 0.29) is 34.7 Å². The van der Waals surface area contributed by atoms with Crippen LogP contribution < -0.4 is 9.47 Å². The van der Waals surface area contributed by atoms with Crippen molar-refractivity contribution < 1.29 is 27.4 Å². The van der Waals surface area contributed by atoms with Crippen LogP contribution in [0.5, 0.6) is 11.6 Å². The van der Waals surface area contributed by atoms with Crippen molar-refractivity contribution >= 4 is 29.1 Å². The molecule has 3 atom stereocenters. The maximum Gasteiger partial charge on any atom is 0.422 e. The molecular formula is C26H21Cl2F3N4O3. The van der Waals surface area contributed by atoms with E-state index in [9.17, 15) is 23.2 Å². The van der Waals surface area contributed by atoms with Crippen molar-refractivity contribution in [2.75, 3.05) is 19.7 Å². The SMILES string of the molecule is CC(Oc1ccncc1C#N)C1CN(C(=O)c2ccc(OCC(F)(F)F)nc2)CC1c1ccc(Cl)c(Cl)c1. The molecule has 3 aromatic rings. The molecule has 1 amide bonds. The van der Waals surface area contributed by atoms with Crippen LogP contribution in [0, 0.1) is 17.2 Å². The Morgan fingerprint density at radius 2 is 1.97 bits per heavy atom. The average Bonchev–Trinajstić information content (AvgIpc) is 3.34. The third-order valence-corrected chi connectivity index (χ3v) is 6.95. The molecule has 0 N–H and O–H groups in total. The summed E-state index contributed by atoms with van der Waals surface area (Å²) in [6.07, 6.45) is -0.788. The Morgan fingerprint density at radius 3 is 2.63 bits per heavy atom. The summed E-state index contributed by atoms with van der Waals surface area (Å²) in [6, 6.07) is 11.5. The van der Waals surface area contributed by atoms with Gasteiger partial charge in [-0.3, -0.25) is 9.78 Å². The molecule has 3 heterocycles. The number of rotatable bonds is 7. The highest BCUT2D eigenvalue weighted by Gasteiger charge is 2.41. The van der Waals surface area contributed by atoms with Crippen LogP contribution in [0.15, 0.2) is 55.0 Å². The van der Waals surface area contributed by atoms with Crippen LogP contribution in [0.25, 0.3) is 0 Å². The molecule has 38 heavy (non-hydrogen) atoms. The van der Waals surface area contributed by atoms with Crippen molar-refractivity contribution in [3.05, 3.63) is 81.7 Å². The van der Waals surface area contributed by atoms with Crippen molar-refractivity contribution in [1.29, 1.82) is 5.26 Å². The third-order valence-electron chi connectivity index (χ3n) is 6.21. The van der Waals surface area contributed by atoms with Gasteiger partial charge in [0.15, 0.2) is 6.61 Å². The minimum atomic E-state index is -4.50. The Morgan fingerprint density at radius 1 is 1.18 bits per heavy atom. The lowest BCUT2D eigenvalue weighted by Crippen LogP contribution is -2.32. The molecule has 12 heteroatoms. The van der Waals surface area contributed by atoms with Crippen LogP contribution in [0.2, 0.25) is 10.0 Å². The smallest absolute Gasteiger partial charge is 0.422 e. The summed E-state index contributed by atoms with van der Waals surface area (Å²) >= 11 is 12.4. The predicted octanol–water partition coefficient (Wildman–Crippen LogP) is 5.92. The first-order valence-corrected chi connectivity index (χ1v) is 12.2. The van der Waals surface area contributed by atoms with Crippen molar-refractivity contribution in [1.82, 2.24) is 14.9 Å². The second-order valence-corrected chi connectivity index (χ2v) is 9.56. The number of hydrogen-bond acceptors (Lipinski definition) is 6. The lowest BCUT2D eigenvalue weighted by atomic mass is 9.85. The highest BCUT2D eigenvalue weighted by molar-refractivity contribution is 6.42. The molecule has 0 saturated carbocycles. The van der Waals surface area contributed by atoms with Crippen LogP contribution in [0.1, 0.15) is 34.3 Å². The molecule has 4 rings (SSSR count). The maximum absolute atomic E-state index is 13.3. The number of benzene rings is 1. The first kappa shape index (κ1) is 27.5. The number of nitrogens with zero attached hydrogens (tertiary/aromatic N) is 4. The van der Waals surface area contributed by atoms with E-state index in [1.807, 2.05) is 13.0 Å². The number of nitriles is 1. The standard InChI is InChI=1S/C26H21Cl2F3N4O3/c1-15(38-23-6-7-33-10-18(23)9-32)19-12-35(13-20(19)16-2-4-21(27)22(28)8-16)25(36)17-3-5-24(34-11-17)37-14-26(29,30)31/h2-8,10-11,15,19-20H,12-14H2,1H3. The maximum atomic E-state index is 13.3. The van der Waals surface area contributed by atoms with Gasteiger partial charge < -0.3 is 14.4 Å². The molecule has 7 nitrogen and oxygen atoms in total. The van der Waals surface area contributed by atoms with E-state index in [1.165, 1.54) is 30.7 Å². The van der Waals surface area contributed by atoms with Gasteiger partial charge in [0.2, 0.25) is 5.88 Å². The Bertz CT molecular complexity index is 1350. The predicted molar refractivity (Wildman–Crippen MR) is 133 cm³/mol. The molecule has 1 aliphatic heterocycles. The molecule has 1 saturated heterocycles. The van der Waals surface area contributed by atoms with Gasteiger partial charge in [-0.2, -0.15) is 18.4 Å². The summed E-state index contributed by atoms with van der Waals surface area (Å²) in [5.41, 5.74) is 1.35. The van der Waals surface area contributed by atoms with E-state index in [4.69, 9.17) is 27.9 Å².